The normalized spacial score (nSPS) is 18.0. The molecule has 1 N–H and O–H groups in total. The minimum Gasteiger partial charge on any atom is -0.325 e. The number of fused-ring (bicyclic) bond motifs is 3. The van der Waals surface area contributed by atoms with Crippen LogP contribution in [0.3, 0.4) is 0 Å². The number of hydrogen-bond donors (Lipinski definition) is 1. The molecule has 0 fully saturated rings. The van der Waals surface area contributed by atoms with Gasteiger partial charge in [-0.1, -0.05) is 30.0 Å². The Morgan fingerprint density at radius 3 is 3.07 bits per heavy atom. The van der Waals surface area contributed by atoms with Crippen LogP contribution in [0.2, 0.25) is 0 Å². The fourth-order valence-electron chi connectivity index (χ4n) is 2.05. The summed E-state index contributed by atoms with van der Waals surface area (Å²) in [7, 11) is 0. The summed E-state index contributed by atoms with van der Waals surface area (Å²) in [5.41, 5.74) is 3.65. The van der Waals surface area contributed by atoms with E-state index in [2.05, 4.69) is 28.9 Å². The Morgan fingerprint density at radius 1 is 1.27 bits per heavy atom. The minimum atomic E-state index is 0. The fourth-order valence-corrected chi connectivity index (χ4v) is 2.98. The number of carbonyl (C=O) groups is 1. The monoisotopic (exact) mass is 219 g/mol. The second kappa shape index (κ2) is 3.42. The number of rotatable bonds is 0. The zero-order valence-corrected chi connectivity index (χ0v) is 9.06. The number of allylic oxidation sites excluding steroid dienone is 1. The van der Waals surface area contributed by atoms with Gasteiger partial charge < -0.3 is 5.32 Å². The third kappa shape index (κ3) is 1.47. The van der Waals surface area contributed by atoms with Crippen molar-refractivity contribution in [3.05, 3.63) is 34.7 Å². The Hall–Kier alpha value is -1.22. The van der Waals surface area contributed by atoms with Crippen LogP contribution in [0.1, 0.15) is 19.0 Å². The Bertz CT molecular complexity index is 470. The molecule has 0 saturated carbocycles. The highest BCUT2D eigenvalue weighted by atomic mass is 32.2. The van der Waals surface area contributed by atoms with E-state index in [1.165, 1.54) is 16.0 Å². The number of benzene rings is 1. The van der Waals surface area contributed by atoms with E-state index in [4.69, 9.17) is 0 Å². The van der Waals surface area contributed by atoms with Gasteiger partial charge in [-0.2, -0.15) is 0 Å². The van der Waals surface area contributed by atoms with Gasteiger partial charge >= 0.3 is 0 Å². The minimum absolute atomic E-state index is 0. The molecule has 2 aliphatic heterocycles. The first-order valence-corrected chi connectivity index (χ1v) is 5.99. The smallest absolute Gasteiger partial charge is 0.224 e. The lowest BCUT2D eigenvalue weighted by molar-refractivity contribution is -0.116. The second-order valence-electron chi connectivity index (χ2n) is 3.83. The van der Waals surface area contributed by atoms with Gasteiger partial charge in [0.2, 0.25) is 5.91 Å². The van der Waals surface area contributed by atoms with Crippen LogP contribution in [-0.2, 0) is 17.6 Å². The number of aryl methyl sites for hydroxylation is 1. The van der Waals surface area contributed by atoms with E-state index in [0.717, 1.165) is 18.5 Å². The van der Waals surface area contributed by atoms with Crippen molar-refractivity contribution in [1.29, 1.82) is 0 Å². The van der Waals surface area contributed by atoms with E-state index in [1.54, 1.807) is 11.8 Å². The highest BCUT2D eigenvalue weighted by Gasteiger charge is 2.20. The van der Waals surface area contributed by atoms with Gasteiger partial charge in [0, 0.05) is 12.7 Å². The topological polar surface area (TPSA) is 29.1 Å². The van der Waals surface area contributed by atoms with Gasteiger partial charge in [0.05, 0.1) is 5.69 Å². The van der Waals surface area contributed by atoms with Crippen molar-refractivity contribution in [2.75, 3.05) is 5.32 Å². The summed E-state index contributed by atoms with van der Waals surface area (Å²) in [6, 6.07) is 4.33. The molecular weight excluding hydrogens is 206 g/mol. The van der Waals surface area contributed by atoms with Crippen LogP contribution in [0.15, 0.2) is 28.5 Å². The Labute approximate surface area is 94.2 Å². The molecule has 0 spiro atoms. The zero-order valence-electron chi connectivity index (χ0n) is 8.25. The van der Waals surface area contributed by atoms with E-state index in [0.29, 0.717) is 6.42 Å². The highest BCUT2D eigenvalue weighted by Crippen LogP contribution is 2.39. The molecular formula is C12H13NOS. The summed E-state index contributed by atoms with van der Waals surface area (Å²) in [5, 5.41) is 5.09. The summed E-state index contributed by atoms with van der Waals surface area (Å²) in [6.07, 6.45) is 4.63. The molecule has 1 aromatic carbocycles. The zero-order chi connectivity index (χ0) is 10.3. The molecule has 1 amide bonds. The number of thioether (sulfide) groups is 1. The van der Waals surface area contributed by atoms with Crippen molar-refractivity contribution >= 4 is 23.4 Å². The lowest BCUT2D eigenvalue weighted by atomic mass is 9.99. The first kappa shape index (κ1) is 9.04. The molecule has 2 nitrogen and oxygen atoms in total. The maximum Gasteiger partial charge on any atom is 0.224 e. The predicted molar refractivity (Wildman–Crippen MR) is 64.2 cm³/mol. The van der Waals surface area contributed by atoms with E-state index in [1.807, 2.05) is 0 Å². The van der Waals surface area contributed by atoms with Crippen molar-refractivity contribution in [1.82, 2.24) is 0 Å². The number of anilines is 1. The molecule has 3 heteroatoms. The molecule has 1 aromatic rings. The fraction of sp³-hybridized carbons (Fsp3) is 0.250. The molecule has 2 heterocycles. The molecule has 3 rings (SSSR count). The predicted octanol–water partition coefficient (Wildman–Crippen LogP) is 2.98. The van der Waals surface area contributed by atoms with Gasteiger partial charge in [-0.3, -0.25) is 4.79 Å². The Kier molecular flexibility index (Phi) is 2.06. The van der Waals surface area contributed by atoms with Crippen LogP contribution < -0.4 is 5.32 Å². The number of hydrogen-bond acceptors (Lipinski definition) is 2. The highest BCUT2D eigenvalue weighted by molar-refractivity contribution is 8.02. The van der Waals surface area contributed by atoms with Crippen LogP contribution in [0.5, 0.6) is 0 Å². The summed E-state index contributed by atoms with van der Waals surface area (Å²) >= 11 is 1.71. The van der Waals surface area contributed by atoms with Crippen LogP contribution in [-0.4, -0.2) is 5.91 Å². The van der Waals surface area contributed by atoms with Crippen molar-refractivity contribution in [2.45, 2.75) is 24.2 Å². The van der Waals surface area contributed by atoms with Gasteiger partial charge in [-0.25, -0.2) is 0 Å². The molecule has 15 heavy (non-hydrogen) atoms. The molecule has 2 aliphatic rings. The molecule has 0 radical (unpaired) electrons. The van der Waals surface area contributed by atoms with Gasteiger partial charge in [0.1, 0.15) is 0 Å². The SMILES string of the molecule is O=C1CCc2ccc3c(c2N1)SC=CC3.[HH]. The van der Waals surface area contributed by atoms with Crippen molar-refractivity contribution < 1.29 is 6.22 Å². The molecule has 0 aliphatic carbocycles. The van der Waals surface area contributed by atoms with E-state index in [9.17, 15) is 4.79 Å². The second-order valence-corrected chi connectivity index (χ2v) is 4.75. The van der Waals surface area contributed by atoms with Crippen LogP contribution in [0.4, 0.5) is 5.69 Å². The molecule has 0 atom stereocenters. The van der Waals surface area contributed by atoms with Gasteiger partial charge in [-0.15, -0.1) is 0 Å². The standard InChI is InChI=1S/C12H11NOS.H2/c14-10-6-5-8-3-4-9-2-1-7-15-12(9)11(8)13-10;/h1,3-4,7H,2,5-6H2,(H,13,14);1H. The largest absolute Gasteiger partial charge is 0.325 e. The summed E-state index contributed by atoms with van der Waals surface area (Å²) in [5.74, 6) is 0.144. The van der Waals surface area contributed by atoms with E-state index < -0.39 is 0 Å². The lowest BCUT2D eigenvalue weighted by Crippen LogP contribution is -2.20. The summed E-state index contributed by atoms with van der Waals surface area (Å²) in [6.45, 7) is 0. The van der Waals surface area contributed by atoms with Crippen LogP contribution in [0, 0.1) is 0 Å². The first-order valence-electron chi connectivity index (χ1n) is 5.11. The summed E-state index contributed by atoms with van der Waals surface area (Å²) < 4.78 is 0. The Morgan fingerprint density at radius 2 is 2.13 bits per heavy atom. The molecule has 78 valence electrons. The average molecular weight is 219 g/mol. The third-order valence-corrected chi connectivity index (χ3v) is 3.86. The number of amides is 1. The first-order chi connectivity index (χ1) is 7.34. The van der Waals surface area contributed by atoms with E-state index >= 15 is 0 Å². The van der Waals surface area contributed by atoms with Gasteiger partial charge in [0.15, 0.2) is 0 Å². The maximum absolute atomic E-state index is 11.4. The average Bonchev–Trinajstić information content (AvgIpc) is 2.29. The van der Waals surface area contributed by atoms with Crippen molar-refractivity contribution in [3.63, 3.8) is 0 Å². The number of nitrogens with one attached hydrogen (secondary N) is 1. The Balaban J connectivity index is 0.000000963. The van der Waals surface area contributed by atoms with Crippen molar-refractivity contribution in [3.8, 4) is 0 Å². The van der Waals surface area contributed by atoms with Crippen LogP contribution in [0.25, 0.3) is 0 Å². The number of carbonyl (C=O) groups excluding carboxylic acids is 1. The lowest BCUT2D eigenvalue weighted by Gasteiger charge is -2.22. The summed E-state index contributed by atoms with van der Waals surface area (Å²) in [4.78, 5) is 12.6. The van der Waals surface area contributed by atoms with Crippen LogP contribution >= 0.6 is 11.8 Å². The third-order valence-electron chi connectivity index (χ3n) is 2.83. The molecule has 0 aromatic heterocycles. The van der Waals surface area contributed by atoms with Gasteiger partial charge in [0.25, 0.3) is 0 Å². The molecule has 0 unspecified atom stereocenters. The van der Waals surface area contributed by atoms with Gasteiger partial charge in [-0.05, 0) is 29.4 Å². The van der Waals surface area contributed by atoms with E-state index in [-0.39, 0.29) is 7.33 Å². The molecule has 0 saturated heterocycles. The van der Waals surface area contributed by atoms with Crippen molar-refractivity contribution in [2.24, 2.45) is 0 Å². The quantitative estimate of drug-likeness (QED) is 0.726. The maximum atomic E-state index is 11.4. The molecule has 0 bridgehead atoms.